The summed E-state index contributed by atoms with van der Waals surface area (Å²) in [5.74, 6) is -2.85. The number of carboxylic acids is 1. The summed E-state index contributed by atoms with van der Waals surface area (Å²) >= 11 is 0. The fraction of sp³-hybridized carbons (Fsp3) is 0.263. The number of benzene rings is 2. The summed E-state index contributed by atoms with van der Waals surface area (Å²) < 4.78 is 27.1. The first-order valence-corrected chi connectivity index (χ1v) is 8.00. The van der Waals surface area contributed by atoms with Gasteiger partial charge in [0, 0.05) is 18.0 Å². The molecule has 0 radical (unpaired) electrons. The van der Waals surface area contributed by atoms with Crippen molar-refractivity contribution in [1.82, 2.24) is 0 Å². The zero-order valence-electron chi connectivity index (χ0n) is 13.3. The lowest BCUT2D eigenvalue weighted by molar-refractivity contribution is -0.137. The van der Waals surface area contributed by atoms with Crippen molar-refractivity contribution < 1.29 is 23.5 Å². The molecule has 4 nitrogen and oxygen atoms in total. The Morgan fingerprint density at radius 3 is 2.72 bits per heavy atom. The lowest BCUT2D eigenvalue weighted by atomic mass is 10.1. The Morgan fingerprint density at radius 1 is 1.16 bits per heavy atom. The summed E-state index contributed by atoms with van der Waals surface area (Å²) in [5.41, 5.74) is 1.61. The van der Waals surface area contributed by atoms with Gasteiger partial charge in [-0.2, -0.15) is 0 Å². The smallest absolute Gasteiger partial charge is 0.303 e. The van der Waals surface area contributed by atoms with E-state index in [9.17, 15) is 18.4 Å². The summed E-state index contributed by atoms with van der Waals surface area (Å²) in [5, 5.41) is 11.5. The summed E-state index contributed by atoms with van der Waals surface area (Å²) in [6.45, 7) is 0. The minimum Gasteiger partial charge on any atom is -0.481 e. The molecular formula is C19H17F2NO3. The second-order valence-corrected chi connectivity index (χ2v) is 6.20. The van der Waals surface area contributed by atoms with E-state index in [4.69, 9.17) is 5.11 Å². The number of aryl methyl sites for hydroxylation is 1. The maximum atomic E-state index is 13.8. The van der Waals surface area contributed by atoms with Crippen LogP contribution in [-0.4, -0.2) is 17.0 Å². The maximum Gasteiger partial charge on any atom is 0.303 e. The molecule has 0 bridgehead atoms. The van der Waals surface area contributed by atoms with Crippen molar-refractivity contribution in [2.24, 2.45) is 5.92 Å². The van der Waals surface area contributed by atoms with Crippen LogP contribution in [0.1, 0.15) is 29.9 Å². The fourth-order valence-corrected chi connectivity index (χ4v) is 2.92. The van der Waals surface area contributed by atoms with E-state index < -0.39 is 17.6 Å². The lowest BCUT2D eigenvalue weighted by Gasteiger charge is -2.07. The molecule has 1 amide bonds. The Hall–Kier alpha value is -2.76. The van der Waals surface area contributed by atoms with Crippen molar-refractivity contribution in [3.63, 3.8) is 0 Å². The molecule has 1 aliphatic carbocycles. The summed E-state index contributed by atoms with van der Waals surface area (Å²) in [6.07, 6.45) is 0.867. The highest BCUT2D eigenvalue weighted by Gasteiger charge is 2.45. The second kappa shape index (κ2) is 7.01. The van der Waals surface area contributed by atoms with Crippen LogP contribution in [0.15, 0.2) is 42.5 Å². The van der Waals surface area contributed by atoms with Crippen LogP contribution in [0.3, 0.4) is 0 Å². The maximum absolute atomic E-state index is 13.8. The number of nitrogens with one attached hydrogen (secondary N) is 1. The molecule has 130 valence electrons. The Bertz CT molecular complexity index is 822. The van der Waals surface area contributed by atoms with Crippen LogP contribution in [0, 0.1) is 17.6 Å². The van der Waals surface area contributed by atoms with Crippen LogP contribution in [-0.2, 0) is 16.0 Å². The molecule has 3 rings (SSSR count). The van der Waals surface area contributed by atoms with Gasteiger partial charge in [0.05, 0.1) is 0 Å². The molecular weight excluding hydrogens is 328 g/mol. The highest BCUT2D eigenvalue weighted by atomic mass is 19.1. The molecule has 25 heavy (non-hydrogen) atoms. The Morgan fingerprint density at radius 2 is 1.96 bits per heavy atom. The number of carbonyl (C=O) groups is 2. The number of anilines is 1. The lowest BCUT2D eigenvalue weighted by Crippen LogP contribution is -2.15. The number of aliphatic carboxylic acids is 1. The molecule has 1 fully saturated rings. The topological polar surface area (TPSA) is 66.4 Å². The summed E-state index contributed by atoms with van der Waals surface area (Å²) in [4.78, 5) is 22.9. The van der Waals surface area contributed by atoms with Crippen molar-refractivity contribution in [1.29, 1.82) is 0 Å². The molecule has 2 atom stereocenters. The Labute approximate surface area is 143 Å². The van der Waals surface area contributed by atoms with Crippen molar-refractivity contribution in [2.45, 2.75) is 25.2 Å². The highest BCUT2D eigenvalue weighted by Crippen LogP contribution is 2.48. The fourth-order valence-electron chi connectivity index (χ4n) is 2.92. The Balaban J connectivity index is 1.63. The third-order valence-electron chi connectivity index (χ3n) is 4.31. The number of hydrogen-bond donors (Lipinski definition) is 2. The molecule has 2 unspecified atom stereocenters. The SMILES string of the molecule is O=C(O)CCc1cccc(NC(=O)C2CC2c2cc(F)ccc2F)c1. The zero-order chi connectivity index (χ0) is 18.0. The largest absolute Gasteiger partial charge is 0.481 e. The van der Waals surface area contributed by atoms with E-state index in [-0.39, 0.29) is 29.7 Å². The van der Waals surface area contributed by atoms with Gasteiger partial charge >= 0.3 is 5.97 Å². The molecule has 2 aromatic carbocycles. The molecule has 1 aliphatic rings. The third-order valence-corrected chi connectivity index (χ3v) is 4.31. The van der Waals surface area contributed by atoms with Gasteiger partial charge in [-0.1, -0.05) is 12.1 Å². The predicted molar refractivity (Wildman–Crippen MR) is 88.2 cm³/mol. The quantitative estimate of drug-likeness (QED) is 0.838. The van der Waals surface area contributed by atoms with Crippen LogP contribution < -0.4 is 5.32 Å². The van der Waals surface area contributed by atoms with Crippen molar-refractivity contribution in [2.75, 3.05) is 5.32 Å². The van der Waals surface area contributed by atoms with E-state index in [0.29, 0.717) is 18.5 Å². The predicted octanol–water partition coefficient (Wildman–Crippen LogP) is 3.72. The number of halogens is 2. The van der Waals surface area contributed by atoms with Gasteiger partial charge in [0.15, 0.2) is 0 Å². The van der Waals surface area contributed by atoms with Crippen molar-refractivity contribution in [3.05, 3.63) is 65.2 Å². The van der Waals surface area contributed by atoms with Crippen molar-refractivity contribution in [3.8, 4) is 0 Å². The third kappa shape index (κ3) is 4.21. The standard InChI is InChI=1S/C19H17F2NO3/c20-12-5-6-17(21)15(9-12)14-10-16(14)19(25)22-13-3-1-2-11(8-13)4-7-18(23)24/h1-3,5-6,8-9,14,16H,4,7,10H2,(H,22,25)(H,23,24). The minimum absolute atomic E-state index is 0.0148. The van der Waals surface area contributed by atoms with Crippen LogP contribution in [0.25, 0.3) is 0 Å². The van der Waals surface area contributed by atoms with Gasteiger partial charge in [0.1, 0.15) is 11.6 Å². The molecule has 2 aromatic rings. The van der Waals surface area contributed by atoms with Gasteiger partial charge in [-0.05, 0) is 60.2 Å². The van der Waals surface area contributed by atoms with Crippen LogP contribution in [0.2, 0.25) is 0 Å². The van der Waals surface area contributed by atoms with Gasteiger partial charge < -0.3 is 10.4 Å². The first-order valence-electron chi connectivity index (χ1n) is 8.00. The average molecular weight is 345 g/mol. The Kier molecular flexibility index (Phi) is 4.79. The van der Waals surface area contributed by atoms with Gasteiger partial charge in [0.2, 0.25) is 5.91 Å². The van der Waals surface area contributed by atoms with Gasteiger partial charge in [-0.3, -0.25) is 9.59 Å². The molecule has 0 aliphatic heterocycles. The van der Waals surface area contributed by atoms with E-state index in [1.807, 2.05) is 0 Å². The number of hydrogen-bond acceptors (Lipinski definition) is 2. The molecule has 2 N–H and O–H groups in total. The molecule has 0 saturated heterocycles. The van der Waals surface area contributed by atoms with Crippen LogP contribution in [0.4, 0.5) is 14.5 Å². The number of amides is 1. The minimum atomic E-state index is -0.882. The highest BCUT2D eigenvalue weighted by molar-refractivity contribution is 5.95. The van der Waals surface area contributed by atoms with Crippen LogP contribution >= 0.6 is 0 Å². The van der Waals surface area contributed by atoms with Gasteiger partial charge in [-0.25, -0.2) is 8.78 Å². The molecule has 1 saturated carbocycles. The van der Waals surface area contributed by atoms with Gasteiger partial charge in [0.25, 0.3) is 0 Å². The van der Waals surface area contributed by atoms with E-state index >= 15 is 0 Å². The zero-order valence-corrected chi connectivity index (χ0v) is 13.3. The number of carboxylic acid groups (broad SMARTS) is 1. The van der Waals surface area contributed by atoms with Gasteiger partial charge in [-0.15, -0.1) is 0 Å². The van der Waals surface area contributed by atoms with Crippen LogP contribution in [0.5, 0.6) is 0 Å². The average Bonchev–Trinajstić information content (AvgIpc) is 3.36. The molecule has 0 spiro atoms. The monoisotopic (exact) mass is 345 g/mol. The number of rotatable bonds is 6. The summed E-state index contributed by atoms with van der Waals surface area (Å²) in [6, 6.07) is 10.2. The van der Waals surface area contributed by atoms with E-state index in [1.165, 1.54) is 0 Å². The first kappa shape index (κ1) is 17.1. The van der Waals surface area contributed by atoms with E-state index in [1.54, 1.807) is 24.3 Å². The first-order chi connectivity index (χ1) is 11.9. The number of carbonyl (C=O) groups excluding carboxylic acids is 1. The van der Waals surface area contributed by atoms with Crippen molar-refractivity contribution >= 4 is 17.6 Å². The normalized spacial score (nSPS) is 18.6. The molecule has 0 heterocycles. The van der Waals surface area contributed by atoms with E-state index in [2.05, 4.69) is 5.32 Å². The second-order valence-electron chi connectivity index (χ2n) is 6.20. The van der Waals surface area contributed by atoms with E-state index in [0.717, 1.165) is 23.8 Å². The summed E-state index contributed by atoms with van der Waals surface area (Å²) in [7, 11) is 0. The molecule has 6 heteroatoms. The molecule has 0 aromatic heterocycles.